The standard InChI is InChI=1S/C25H36N2O6S/c1-15(28)26-20(9-11-34(5)30)24(29)27-10-8-21-16(14-27)12-19-23(32-21)18-7-6-17(31-4)13-22(18)33-25(19,2)3/h6-7,13,16,19-21,23H,8-12,14H2,1-5H3,(H,26,28)/t16-,19+,20+,21+,23-,34?/m1/s1. The summed E-state index contributed by atoms with van der Waals surface area (Å²) < 4.78 is 30.1. The number of methoxy groups -OCH3 is 1. The van der Waals surface area contributed by atoms with Crippen LogP contribution in [0.2, 0.25) is 0 Å². The number of nitrogens with one attached hydrogen (secondary N) is 1. The van der Waals surface area contributed by atoms with E-state index in [1.165, 1.54) is 6.92 Å². The number of fused-ring (bicyclic) bond motifs is 4. The van der Waals surface area contributed by atoms with E-state index < -0.39 is 22.4 Å². The number of nitrogens with zero attached hydrogens (tertiary/aromatic N) is 1. The first-order chi connectivity index (χ1) is 16.1. The van der Waals surface area contributed by atoms with Crippen molar-refractivity contribution in [3.05, 3.63) is 23.8 Å². The molecule has 4 rings (SSSR count). The van der Waals surface area contributed by atoms with Gasteiger partial charge in [0.2, 0.25) is 11.8 Å². The van der Waals surface area contributed by atoms with Crippen LogP contribution in [0, 0.1) is 11.8 Å². The van der Waals surface area contributed by atoms with Crippen molar-refractivity contribution in [3.63, 3.8) is 0 Å². The van der Waals surface area contributed by atoms with Crippen LogP contribution in [0.4, 0.5) is 0 Å². The zero-order valence-electron chi connectivity index (χ0n) is 20.7. The van der Waals surface area contributed by atoms with Crippen molar-refractivity contribution < 1.29 is 28.0 Å². The van der Waals surface area contributed by atoms with Gasteiger partial charge in [-0.2, -0.15) is 0 Å². The summed E-state index contributed by atoms with van der Waals surface area (Å²) in [6.07, 6.45) is 3.63. The van der Waals surface area contributed by atoms with Crippen molar-refractivity contribution in [2.24, 2.45) is 11.8 Å². The van der Waals surface area contributed by atoms with E-state index in [1.54, 1.807) is 13.4 Å². The molecule has 1 N–H and O–H groups in total. The van der Waals surface area contributed by atoms with Crippen molar-refractivity contribution in [2.45, 2.75) is 63.9 Å². The average molecular weight is 493 g/mol. The van der Waals surface area contributed by atoms with Crippen LogP contribution < -0.4 is 14.8 Å². The van der Waals surface area contributed by atoms with E-state index >= 15 is 0 Å². The van der Waals surface area contributed by atoms with Gasteiger partial charge in [0.15, 0.2) is 0 Å². The maximum atomic E-state index is 13.3. The lowest BCUT2D eigenvalue weighted by Crippen LogP contribution is -2.58. The average Bonchev–Trinajstić information content (AvgIpc) is 2.79. The maximum Gasteiger partial charge on any atom is 0.245 e. The summed E-state index contributed by atoms with van der Waals surface area (Å²) in [5.74, 6) is 1.93. The second-order valence-corrected chi connectivity index (χ2v) is 11.8. The molecule has 3 aliphatic rings. The molecule has 188 valence electrons. The number of ether oxygens (including phenoxy) is 3. The van der Waals surface area contributed by atoms with Gasteiger partial charge in [0.1, 0.15) is 23.1 Å². The summed E-state index contributed by atoms with van der Waals surface area (Å²) in [5.41, 5.74) is 0.630. The first kappa shape index (κ1) is 25.0. The molecular formula is C25H36N2O6S. The van der Waals surface area contributed by atoms with E-state index in [-0.39, 0.29) is 35.9 Å². The lowest BCUT2D eigenvalue weighted by Gasteiger charge is -2.53. The number of piperidine rings is 1. The molecule has 1 aromatic rings. The van der Waals surface area contributed by atoms with Gasteiger partial charge in [-0.1, -0.05) is 0 Å². The molecule has 6 atom stereocenters. The van der Waals surface area contributed by atoms with Crippen LogP contribution in [0.5, 0.6) is 11.5 Å². The summed E-state index contributed by atoms with van der Waals surface area (Å²) in [5, 5.41) is 2.76. The highest BCUT2D eigenvalue weighted by Gasteiger charge is 2.51. The van der Waals surface area contributed by atoms with E-state index in [0.29, 0.717) is 25.3 Å². The Bertz CT molecular complexity index is 967. The second-order valence-electron chi connectivity index (χ2n) is 10.2. The van der Waals surface area contributed by atoms with E-state index in [1.807, 2.05) is 23.1 Å². The monoisotopic (exact) mass is 492 g/mol. The lowest BCUT2D eigenvalue weighted by atomic mass is 9.70. The highest BCUT2D eigenvalue weighted by molar-refractivity contribution is 7.84. The van der Waals surface area contributed by atoms with Gasteiger partial charge in [-0.15, -0.1) is 0 Å². The molecule has 3 aliphatic heterocycles. The second kappa shape index (κ2) is 9.85. The van der Waals surface area contributed by atoms with Crippen LogP contribution >= 0.6 is 0 Å². The molecule has 2 amide bonds. The first-order valence-corrected chi connectivity index (χ1v) is 13.7. The topological polar surface area (TPSA) is 94.2 Å². The first-order valence-electron chi connectivity index (χ1n) is 12.0. The minimum Gasteiger partial charge on any atom is -0.497 e. The number of hydrogen-bond acceptors (Lipinski definition) is 6. The fourth-order valence-corrected chi connectivity index (χ4v) is 6.19. The van der Waals surface area contributed by atoms with Crippen molar-refractivity contribution in [1.29, 1.82) is 0 Å². The number of carbonyl (C=O) groups excluding carboxylic acids is 2. The predicted molar refractivity (Wildman–Crippen MR) is 129 cm³/mol. The minimum atomic E-state index is -1.03. The van der Waals surface area contributed by atoms with Gasteiger partial charge in [-0.25, -0.2) is 0 Å². The third-order valence-electron chi connectivity index (χ3n) is 7.38. The van der Waals surface area contributed by atoms with Crippen LogP contribution in [0.15, 0.2) is 18.2 Å². The van der Waals surface area contributed by atoms with E-state index in [9.17, 15) is 13.8 Å². The third kappa shape index (κ3) is 5.10. The Hall–Kier alpha value is -2.13. The SMILES string of the molecule is COc1ccc2c(c1)OC(C)(C)[C@H]1C[C@@H]3CN(C(=O)[C@H](CCS(C)=O)NC(C)=O)CC[C@@H]3O[C@H]21. The fourth-order valence-electron chi connectivity index (χ4n) is 5.62. The van der Waals surface area contributed by atoms with Gasteiger partial charge in [-0.3, -0.25) is 13.8 Å². The third-order valence-corrected chi connectivity index (χ3v) is 8.19. The molecule has 34 heavy (non-hydrogen) atoms. The number of benzene rings is 1. The number of rotatable bonds is 6. The molecular weight excluding hydrogens is 456 g/mol. The van der Waals surface area contributed by atoms with Gasteiger partial charge < -0.3 is 24.4 Å². The predicted octanol–water partition coefficient (Wildman–Crippen LogP) is 2.43. The van der Waals surface area contributed by atoms with Crippen molar-refractivity contribution in [2.75, 3.05) is 32.2 Å². The Kier molecular flexibility index (Phi) is 7.24. The highest BCUT2D eigenvalue weighted by atomic mass is 32.2. The molecule has 1 aromatic carbocycles. The Morgan fingerprint density at radius 2 is 2.12 bits per heavy atom. The quantitative estimate of drug-likeness (QED) is 0.656. The van der Waals surface area contributed by atoms with E-state index in [2.05, 4.69) is 19.2 Å². The molecule has 0 aromatic heterocycles. The summed E-state index contributed by atoms with van der Waals surface area (Å²) in [6.45, 7) is 6.77. The van der Waals surface area contributed by atoms with Gasteiger partial charge >= 0.3 is 0 Å². The van der Waals surface area contributed by atoms with E-state index in [4.69, 9.17) is 14.2 Å². The summed E-state index contributed by atoms with van der Waals surface area (Å²) in [6, 6.07) is 5.26. The van der Waals surface area contributed by atoms with Gasteiger partial charge in [-0.05, 0) is 45.2 Å². The van der Waals surface area contributed by atoms with Gasteiger partial charge in [0.05, 0.1) is 19.3 Å². The minimum absolute atomic E-state index is 0.0557. The number of hydrogen-bond donors (Lipinski definition) is 1. The molecule has 0 saturated carbocycles. The number of amides is 2. The summed E-state index contributed by atoms with van der Waals surface area (Å²) in [7, 11) is 0.620. The molecule has 0 bridgehead atoms. The molecule has 0 spiro atoms. The molecule has 3 heterocycles. The zero-order valence-corrected chi connectivity index (χ0v) is 21.5. The molecule has 0 aliphatic carbocycles. The van der Waals surface area contributed by atoms with Gasteiger partial charge in [0, 0.05) is 66.3 Å². The molecule has 9 heteroatoms. The van der Waals surface area contributed by atoms with E-state index in [0.717, 1.165) is 29.9 Å². The number of carbonyl (C=O) groups is 2. The Balaban J connectivity index is 1.49. The highest BCUT2D eigenvalue weighted by Crippen LogP contribution is 2.53. The lowest BCUT2D eigenvalue weighted by molar-refractivity contribution is -0.189. The summed E-state index contributed by atoms with van der Waals surface area (Å²) >= 11 is 0. The molecule has 2 fully saturated rings. The van der Waals surface area contributed by atoms with Crippen LogP contribution in [-0.2, 0) is 25.1 Å². The maximum absolute atomic E-state index is 13.3. The largest absolute Gasteiger partial charge is 0.497 e. The zero-order chi connectivity index (χ0) is 24.6. The number of likely N-dealkylation sites (tertiary alicyclic amines) is 1. The molecule has 0 radical (unpaired) electrons. The summed E-state index contributed by atoms with van der Waals surface area (Å²) in [4.78, 5) is 26.8. The Labute approximate surface area is 204 Å². The normalized spacial score (nSPS) is 28.9. The van der Waals surface area contributed by atoms with Crippen LogP contribution in [0.1, 0.15) is 51.7 Å². The molecule has 1 unspecified atom stereocenters. The fraction of sp³-hybridized carbons (Fsp3) is 0.680. The Morgan fingerprint density at radius 3 is 2.79 bits per heavy atom. The van der Waals surface area contributed by atoms with Crippen LogP contribution in [0.3, 0.4) is 0 Å². The van der Waals surface area contributed by atoms with Crippen molar-refractivity contribution in [1.82, 2.24) is 10.2 Å². The smallest absolute Gasteiger partial charge is 0.245 e. The Morgan fingerprint density at radius 1 is 1.35 bits per heavy atom. The van der Waals surface area contributed by atoms with Crippen LogP contribution in [-0.4, -0.2) is 70.9 Å². The van der Waals surface area contributed by atoms with Crippen LogP contribution in [0.25, 0.3) is 0 Å². The van der Waals surface area contributed by atoms with Crippen molar-refractivity contribution in [3.8, 4) is 11.5 Å². The molecule has 2 saturated heterocycles. The van der Waals surface area contributed by atoms with Gasteiger partial charge in [0.25, 0.3) is 0 Å². The van der Waals surface area contributed by atoms with Crippen molar-refractivity contribution >= 4 is 22.6 Å². The molecule has 8 nitrogen and oxygen atoms in total.